The molecule has 0 spiro atoms. The molecule has 0 atom stereocenters. The van der Waals surface area contributed by atoms with Crippen LogP contribution in [0.25, 0.3) is 105 Å². The van der Waals surface area contributed by atoms with Gasteiger partial charge in [0.25, 0.3) is 0 Å². The van der Waals surface area contributed by atoms with Crippen molar-refractivity contribution in [2.24, 2.45) is 0 Å². The van der Waals surface area contributed by atoms with E-state index >= 15 is 0 Å². The Balaban J connectivity index is 1.18. The van der Waals surface area contributed by atoms with Gasteiger partial charge in [0.2, 0.25) is 0 Å². The summed E-state index contributed by atoms with van der Waals surface area (Å²) < 4.78 is 4.71. The molecule has 0 unspecified atom stereocenters. The Morgan fingerprint density at radius 3 is 1.45 bits per heavy atom. The molecule has 0 bridgehead atoms. The number of rotatable bonds is 6. The number of para-hydroxylation sites is 4. The highest BCUT2D eigenvalue weighted by Gasteiger charge is 2.19. The molecule has 0 fully saturated rings. The van der Waals surface area contributed by atoms with Crippen molar-refractivity contribution in [2.75, 3.05) is 0 Å². The molecule has 5 heteroatoms. The summed E-state index contributed by atoms with van der Waals surface area (Å²) in [5.41, 5.74) is 13.5. The second-order valence-corrected chi connectivity index (χ2v) is 14.5. The van der Waals surface area contributed by atoms with Gasteiger partial charge in [0.1, 0.15) is 0 Å². The Bertz CT molecular complexity index is 3290. The summed E-state index contributed by atoms with van der Waals surface area (Å²) in [6.07, 6.45) is 0. The average molecular weight is 740 g/mol. The van der Waals surface area contributed by atoms with Crippen molar-refractivity contribution in [2.45, 2.75) is 0 Å². The third-order valence-corrected chi connectivity index (χ3v) is 11.1. The van der Waals surface area contributed by atoms with Crippen LogP contribution in [0.1, 0.15) is 0 Å². The molecule has 0 aliphatic rings. The highest BCUT2D eigenvalue weighted by Crippen LogP contribution is 2.40. The SMILES string of the molecule is [C-]#[N+]c1ccccc1-c1cc(-c2nc(-c3ccccc3)cc(-c3ccccc3)n2)cc(-n2c3ccccc3c3cc(-n4c5ccccc5c5ccccc54)ccc32)c1. The lowest BCUT2D eigenvalue weighted by molar-refractivity contribution is 1.15. The van der Waals surface area contributed by atoms with Gasteiger partial charge in [-0.25, -0.2) is 14.8 Å². The maximum atomic E-state index is 8.08. The van der Waals surface area contributed by atoms with Crippen LogP contribution in [0, 0.1) is 6.57 Å². The zero-order valence-corrected chi connectivity index (χ0v) is 31.3. The average Bonchev–Trinajstić information content (AvgIpc) is 3.82. The minimum Gasteiger partial charge on any atom is -0.309 e. The van der Waals surface area contributed by atoms with Gasteiger partial charge >= 0.3 is 0 Å². The van der Waals surface area contributed by atoms with Crippen molar-refractivity contribution in [3.63, 3.8) is 0 Å². The van der Waals surface area contributed by atoms with Crippen LogP contribution < -0.4 is 0 Å². The van der Waals surface area contributed by atoms with Crippen LogP contribution in [0.2, 0.25) is 0 Å². The molecular weight excluding hydrogens is 707 g/mol. The number of hydrogen-bond acceptors (Lipinski definition) is 2. The molecule has 0 saturated carbocycles. The first kappa shape index (κ1) is 33.3. The second kappa shape index (κ2) is 13.6. The van der Waals surface area contributed by atoms with E-state index < -0.39 is 0 Å². The van der Waals surface area contributed by atoms with Gasteiger partial charge in [0, 0.05) is 49.6 Å². The highest BCUT2D eigenvalue weighted by molar-refractivity contribution is 6.12. The zero-order chi connectivity index (χ0) is 38.6. The maximum absolute atomic E-state index is 8.08. The Hall–Kier alpha value is -8.07. The van der Waals surface area contributed by atoms with E-state index in [4.69, 9.17) is 16.5 Å². The van der Waals surface area contributed by atoms with E-state index in [1.165, 1.54) is 21.8 Å². The Morgan fingerprint density at radius 1 is 0.362 bits per heavy atom. The number of benzene rings is 8. The molecule has 270 valence electrons. The fourth-order valence-electron chi connectivity index (χ4n) is 8.51. The monoisotopic (exact) mass is 739 g/mol. The summed E-state index contributed by atoms with van der Waals surface area (Å²) in [5.74, 6) is 0.609. The first-order valence-electron chi connectivity index (χ1n) is 19.4. The summed E-state index contributed by atoms with van der Waals surface area (Å²) in [4.78, 5) is 14.4. The quantitative estimate of drug-likeness (QED) is 0.159. The van der Waals surface area contributed by atoms with Crippen LogP contribution in [-0.2, 0) is 0 Å². The summed E-state index contributed by atoms with van der Waals surface area (Å²) in [6, 6.07) is 69.6. The summed E-state index contributed by atoms with van der Waals surface area (Å²) >= 11 is 0. The first-order valence-corrected chi connectivity index (χ1v) is 19.4. The molecule has 0 aliphatic carbocycles. The lowest BCUT2D eigenvalue weighted by atomic mass is 9.99. The topological polar surface area (TPSA) is 40.0 Å². The number of hydrogen-bond donors (Lipinski definition) is 0. The van der Waals surface area contributed by atoms with E-state index in [1.807, 2.05) is 60.7 Å². The van der Waals surface area contributed by atoms with Crippen molar-refractivity contribution in [1.29, 1.82) is 0 Å². The molecule has 0 amide bonds. The van der Waals surface area contributed by atoms with E-state index in [9.17, 15) is 0 Å². The van der Waals surface area contributed by atoms with Crippen LogP contribution in [0.15, 0.2) is 200 Å². The predicted molar refractivity (Wildman–Crippen MR) is 239 cm³/mol. The molecule has 5 nitrogen and oxygen atoms in total. The predicted octanol–water partition coefficient (Wildman–Crippen LogP) is 13.9. The molecular formula is C53H33N5. The summed E-state index contributed by atoms with van der Waals surface area (Å²) in [5, 5.41) is 4.77. The van der Waals surface area contributed by atoms with Gasteiger partial charge in [-0.3, -0.25) is 0 Å². The van der Waals surface area contributed by atoms with Gasteiger partial charge in [-0.15, -0.1) is 0 Å². The Labute approximate surface area is 335 Å². The Morgan fingerprint density at radius 2 is 0.845 bits per heavy atom. The normalized spacial score (nSPS) is 11.4. The summed E-state index contributed by atoms with van der Waals surface area (Å²) in [7, 11) is 0. The molecule has 0 saturated heterocycles. The third-order valence-electron chi connectivity index (χ3n) is 11.1. The van der Waals surface area contributed by atoms with Crippen molar-refractivity contribution >= 4 is 49.3 Å². The lowest BCUT2D eigenvalue weighted by Crippen LogP contribution is -1.99. The van der Waals surface area contributed by atoms with Crippen LogP contribution in [0.5, 0.6) is 0 Å². The maximum Gasteiger partial charge on any atom is 0.194 e. The van der Waals surface area contributed by atoms with Crippen molar-refractivity contribution in [3.05, 3.63) is 212 Å². The largest absolute Gasteiger partial charge is 0.309 e. The van der Waals surface area contributed by atoms with Crippen molar-refractivity contribution in [1.82, 2.24) is 19.1 Å². The van der Waals surface area contributed by atoms with Gasteiger partial charge in [0.05, 0.1) is 40.0 Å². The lowest BCUT2D eigenvalue weighted by Gasteiger charge is -2.15. The van der Waals surface area contributed by atoms with E-state index in [1.54, 1.807) is 0 Å². The molecule has 11 aromatic rings. The molecule has 3 aromatic heterocycles. The fraction of sp³-hybridized carbons (Fsp3) is 0. The van der Waals surface area contributed by atoms with E-state index in [0.29, 0.717) is 11.5 Å². The second-order valence-electron chi connectivity index (χ2n) is 14.5. The van der Waals surface area contributed by atoms with Gasteiger partial charge in [-0.2, -0.15) is 0 Å². The van der Waals surface area contributed by atoms with Crippen molar-refractivity contribution in [3.8, 4) is 56.4 Å². The van der Waals surface area contributed by atoms with Gasteiger partial charge in [-0.1, -0.05) is 140 Å². The molecule has 58 heavy (non-hydrogen) atoms. The van der Waals surface area contributed by atoms with E-state index in [-0.39, 0.29) is 0 Å². The zero-order valence-electron chi connectivity index (χ0n) is 31.3. The number of aromatic nitrogens is 4. The van der Waals surface area contributed by atoms with Crippen LogP contribution in [0.4, 0.5) is 5.69 Å². The minimum atomic E-state index is 0.590. The van der Waals surface area contributed by atoms with Crippen molar-refractivity contribution < 1.29 is 0 Å². The molecule has 3 heterocycles. The molecule has 0 aliphatic heterocycles. The minimum absolute atomic E-state index is 0.590. The highest BCUT2D eigenvalue weighted by atomic mass is 15.0. The van der Waals surface area contributed by atoms with Crippen LogP contribution in [-0.4, -0.2) is 19.1 Å². The van der Waals surface area contributed by atoms with Gasteiger partial charge in [0.15, 0.2) is 11.5 Å². The van der Waals surface area contributed by atoms with Crippen LogP contribution >= 0.6 is 0 Å². The molecule has 11 rings (SSSR count). The molecule has 8 aromatic carbocycles. The first-order chi connectivity index (χ1) is 28.7. The number of nitrogens with zero attached hydrogens (tertiary/aromatic N) is 5. The van der Waals surface area contributed by atoms with E-state index in [0.717, 1.165) is 72.4 Å². The number of fused-ring (bicyclic) bond motifs is 6. The standard InChI is InChI=1S/C53H33N5/c1-54-46-24-12-8-20-41(46)37-30-38(53-55-47(35-16-4-2-5-17-35)34-48(56-53)36-18-6-3-7-19-36)32-40(31-37)58-51-27-15-11-23-44(51)45-33-39(28-29-52(45)58)57-49-25-13-9-21-42(49)43-22-10-14-26-50(43)57/h2-34H. The fourth-order valence-corrected chi connectivity index (χ4v) is 8.51. The Kier molecular flexibility index (Phi) is 7.80. The van der Waals surface area contributed by atoms with Crippen LogP contribution in [0.3, 0.4) is 0 Å². The van der Waals surface area contributed by atoms with Gasteiger partial charge in [-0.05, 0) is 71.8 Å². The van der Waals surface area contributed by atoms with E-state index in [2.05, 4.69) is 154 Å². The molecule has 0 radical (unpaired) electrons. The third kappa shape index (κ3) is 5.47. The smallest absolute Gasteiger partial charge is 0.194 e. The summed E-state index contributed by atoms with van der Waals surface area (Å²) in [6.45, 7) is 8.08. The molecule has 0 N–H and O–H groups in total. The van der Waals surface area contributed by atoms with Gasteiger partial charge < -0.3 is 9.13 Å².